The van der Waals surface area contributed by atoms with Crippen molar-refractivity contribution in [3.8, 4) is 0 Å². The molecule has 0 aromatic carbocycles. The van der Waals surface area contributed by atoms with Gasteiger partial charge in [-0.25, -0.2) is 0 Å². The minimum Gasteiger partial charge on any atom is -0.381 e. The molecule has 0 saturated heterocycles. The predicted molar refractivity (Wildman–Crippen MR) is 54.8 cm³/mol. The molecular weight excluding hydrogens is 172 g/mol. The zero-order chi connectivity index (χ0) is 9.23. The van der Waals surface area contributed by atoms with Crippen molar-refractivity contribution >= 4 is 11.6 Å². The molecule has 1 atom stereocenters. The normalized spacial score (nSPS) is 13.2. The number of hydrogen-bond donors (Lipinski definition) is 0. The summed E-state index contributed by atoms with van der Waals surface area (Å²) in [5.74, 6) is 1.55. The molecule has 12 heavy (non-hydrogen) atoms. The van der Waals surface area contributed by atoms with Gasteiger partial charge in [0.1, 0.15) is 0 Å². The molecule has 74 valence electrons. The highest BCUT2D eigenvalue weighted by molar-refractivity contribution is 6.17. The standard InChI is InChI=1S/C10H21ClO/c1-3-8-12-9-6-10(4-2)5-7-11/h10H,3-9H2,1-2H3. The number of alkyl halides is 1. The van der Waals surface area contributed by atoms with Gasteiger partial charge in [-0.15, -0.1) is 11.6 Å². The Hall–Kier alpha value is 0.250. The van der Waals surface area contributed by atoms with Gasteiger partial charge in [-0.2, -0.15) is 0 Å². The molecule has 0 amide bonds. The van der Waals surface area contributed by atoms with Crippen LogP contribution in [0.25, 0.3) is 0 Å². The van der Waals surface area contributed by atoms with Gasteiger partial charge in [0.25, 0.3) is 0 Å². The van der Waals surface area contributed by atoms with Crippen molar-refractivity contribution in [2.75, 3.05) is 19.1 Å². The van der Waals surface area contributed by atoms with Crippen molar-refractivity contribution in [3.05, 3.63) is 0 Å². The quantitative estimate of drug-likeness (QED) is 0.423. The van der Waals surface area contributed by atoms with Crippen molar-refractivity contribution in [2.24, 2.45) is 5.92 Å². The number of hydrogen-bond acceptors (Lipinski definition) is 1. The Kier molecular flexibility index (Phi) is 9.53. The van der Waals surface area contributed by atoms with Crippen LogP contribution in [0.15, 0.2) is 0 Å². The molecule has 2 heteroatoms. The molecule has 0 aromatic rings. The third kappa shape index (κ3) is 6.93. The highest BCUT2D eigenvalue weighted by Gasteiger charge is 2.04. The van der Waals surface area contributed by atoms with E-state index in [1.807, 2.05) is 0 Å². The minimum atomic E-state index is 0.763. The molecule has 0 aliphatic heterocycles. The Labute approximate surface area is 81.4 Å². The largest absolute Gasteiger partial charge is 0.381 e. The van der Waals surface area contributed by atoms with Crippen molar-refractivity contribution in [1.29, 1.82) is 0 Å². The van der Waals surface area contributed by atoms with Gasteiger partial charge in [-0.05, 0) is 25.2 Å². The molecule has 1 unspecified atom stereocenters. The molecule has 0 saturated carbocycles. The third-order valence-electron chi connectivity index (χ3n) is 2.11. The lowest BCUT2D eigenvalue weighted by molar-refractivity contribution is 0.119. The first-order chi connectivity index (χ1) is 5.85. The van der Waals surface area contributed by atoms with E-state index in [1.54, 1.807) is 0 Å². The highest BCUT2D eigenvalue weighted by Crippen LogP contribution is 2.13. The maximum Gasteiger partial charge on any atom is 0.0468 e. The number of rotatable bonds is 8. The average Bonchev–Trinajstić information content (AvgIpc) is 2.10. The van der Waals surface area contributed by atoms with Gasteiger partial charge in [0, 0.05) is 19.1 Å². The fourth-order valence-electron chi connectivity index (χ4n) is 1.20. The first-order valence-corrected chi connectivity index (χ1v) is 5.52. The fourth-order valence-corrected chi connectivity index (χ4v) is 1.51. The van der Waals surface area contributed by atoms with Crippen molar-refractivity contribution in [2.45, 2.75) is 39.5 Å². The van der Waals surface area contributed by atoms with Gasteiger partial charge in [-0.1, -0.05) is 20.3 Å². The van der Waals surface area contributed by atoms with Crippen molar-refractivity contribution in [1.82, 2.24) is 0 Å². The second-order valence-corrected chi connectivity index (χ2v) is 3.53. The third-order valence-corrected chi connectivity index (χ3v) is 2.33. The summed E-state index contributed by atoms with van der Waals surface area (Å²) >= 11 is 5.67. The Balaban J connectivity index is 3.19. The monoisotopic (exact) mass is 192 g/mol. The lowest BCUT2D eigenvalue weighted by atomic mass is 10.0. The van der Waals surface area contributed by atoms with E-state index in [4.69, 9.17) is 16.3 Å². The first-order valence-electron chi connectivity index (χ1n) is 4.98. The smallest absolute Gasteiger partial charge is 0.0468 e. The highest BCUT2D eigenvalue weighted by atomic mass is 35.5. The van der Waals surface area contributed by atoms with Gasteiger partial charge in [0.05, 0.1) is 0 Å². The van der Waals surface area contributed by atoms with Crippen LogP contribution in [0.5, 0.6) is 0 Å². The summed E-state index contributed by atoms with van der Waals surface area (Å²) in [6.45, 7) is 6.16. The topological polar surface area (TPSA) is 9.23 Å². The number of halogens is 1. The molecule has 0 rings (SSSR count). The SMILES string of the molecule is CCCOCCC(CC)CCCl. The summed E-state index contributed by atoms with van der Waals surface area (Å²) in [5.41, 5.74) is 0. The molecule has 0 aliphatic rings. The van der Waals surface area contributed by atoms with Gasteiger partial charge in [0.15, 0.2) is 0 Å². The van der Waals surface area contributed by atoms with E-state index < -0.39 is 0 Å². The Morgan fingerprint density at radius 2 is 1.92 bits per heavy atom. The van der Waals surface area contributed by atoms with E-state index in [-0.39, 0.29) is 0 Å². The molecule has 0 spiro atoms. The van der Waals surface area contributed by atoms with Gasteiger partial charge in [0.2, 0.25) is 0 Å². The predicted octanol–water partition coefficient (Wildman–Crippen LogP) is 3.46. The molecule has 0 N–H and O–H groups in total. The summed E-state index contributed by atoms with van der Waals surface area (Å²) < 4.78 is 5.42. The molecule has 0 bridgehead atoms. The Morgan fingerprint density at radius 1 is 1.17 bits per heavy atom. The summed E-state index contributed by atoms with van der Waals surface area (Å²) in [6.07, 6.45) is 4.64. The minimum absolute atomic E-state index is 0.763. The fraction of sp³-hybridized carbons (Fsp3) is 1.00. The number of ether oxygens (including phenoxy) is 1. The van der Waals surface area contributed by atoms with Crippen LogP contribution in [0.4, 0.5) is 0 Å². The summed E-state index contributed by atoms with van der Waals surface area (Å²) in [5, 5.41) is 0. The van der Waals surface area contributed by atoms with E-state index in [1.165, 1.54) is 12.8 Å². The zero-order valence-electron chi connectivity index (χ0n) is 8.31. The van der Waals surface area contributed by atoms with Crippen LogP contribution in [0.1, 0.15) is 39.5 Å². The van der Waals surface area contributed by atoms with Gasteiger partial charge >= 0.3 is 0 Å². The molecule has 0 aromatic heterocycles. The lowest BCUT2D eigenvalue weighted by Crippen LogP contribution is -2.05. The molecular formula is C10H21ClO. The van der Waals surface area contributed by atoms with Gasteiger partial charge < -0.3 is 4.74 Å². The van der Waals surface area contributed by atoms with Crippen LogP contribution in [0.3, 0.4) is 0 Å². The molecule has 0 radical (unpaired) electrons. The summed E-state index contributed by atoms with van der Waals surface area (Å²) in [4.78, 5) is 0. The van der Waals surface area contributed by atoms with Crippen LogP contribution in [-0.4, -0.2) is 19.1 Å². The van der Waals surface area contributed by atoms with Gasteiger partial charge in [-0.3, -0.25) is 0 Å². The van der Waals surface area contributed by atoms with E-state index in [0.717, 1.165) is 37.9 Å². The summed E-state index contributed by atoms with van der Waals surface area (Å²) in [7, 11) is 0. The molecule has 1 nitrogen and oxygen atoms in total. The second kappa shape index (κ2) is 9.34. The first kappa shape index (κ1) is 12.2. The van der Waals surface area contributed by atoms with Crippen LogP contribution in [0, 0.1) is 5.92 Å². The molecule has 0 aliphatic carbocycles. The molecule has 0 fully saturated rings. The maximum atomic E-state index is 5.67. The lowest BCUT2D eigenvalue weighted by Gasteiger charge is -2.12. The second-order valence-electron chi connectivity index (χ2n) is 3.15. The van der Waals surface area contributed by atoms with E-state index in [0.29, 0.717) is 0 Å². The van der Waals surface area contributed by atoms with E-state index in [9.17, 15) is 0 Å². The zero-order valence-corrected chi connectivity index (χ0v) is 9.07. The molecule has 0 heterocycles. The van der Waals surface area contributed by atoms with Crippen molar-refractivity contribution in [3.63, 3.8) is 0 Å². The van der Waals surface area contributed by atoms with E-state index in [2.05, 4.69) is 13.8 Å². The van der Waals surface area contributed by atoms with Crippen LogP contribution < -0.4 is 0 Å². The van der Waals surface area contributed by atoms with Crippen LogP contribution in [-0.2, 0) is 4.74 Å². The Bertz CT molecular complexity index is 85.9. The van der Waals surface area contributed by atoms with Crippen LogP contribution in [0.2, 0.25) is 0 Å². The maximum absolute atomic E-state index is 5.67. The van der Waals surface area contributed by atoms with Crippen LogP contribution >= 0.6 is 11.6 Å². The van der Waals surface area contributed by atoms with E-state index >= 15 is 0 Å². The average molecular weight is 193 g/mol. The Morgan fingerprint density at radius 3 is 2.42 bits per heavy atom. The van der Waals surface area contributed by atoms with Crippen molar-refractivity contribution < 1.29 is 4.74 Å². The summed E-state index contributed by atoms with van der Waals surface area (Å²) in [6, 6.07) is 0.